The molecule has 38 heavy (non-hydrogen) atoms. The maximum absolute atomic E-state index is 13.2. The molecule has 0 heterocycles. The Labute approximate surface area is 232 Å². The third-order valence-electron chi connectivity index (χ3n) is 6.16. The maximum Gasteiger partial charge on any atom is 0.321 e. The molecule has 0 spiro atoms. The number of nitrogens with zero attached hydrogens (tertiary/aromatic N) is 1. The van der Waals surface area contributed by atoms with Crippen LogP contribution in [0.5, 0.6) is 5.75 Å². The molecular weight excluding hydrogens is 492 g/mol. The largest absolute Gasteiger partial charge is 0.427 e. The average molecular weight is 533 g/mol. The number of benzene rings is 3. The topological polar surface area (TPSA) is 58.6 Å². The Kier molecular flexibility index (Phi) is 12.8. The molecule has 0 aliphatic rings. The minimum Gasteiger partial charge on any atom is -0.427 e. The van der Waals surface area contributed by atoms with Crippen molar-refractivity contribution in [2.24, 2.45) is 0 Å². The summed E-state index contributed by atoms with van der Waals surface area (Å²) in [4.78, 5) is 28.8. The summed E-state index contributed by atoms with van der Waals surface area (Å²) < 4.78 is 5.34. The zero-order valence-corrected chi connectivity index (χ0v) is 23.5. The van der Waals surface area contributed by atoms with Crippen molar-refractivity contribution in [1.82, 2.24) is 5.32 Å². The van der Waals surface area contributed by atoms with Gasteiger partial charge >= 0.3 is 12.0 Å². The third kappa shape index (κ3) is 10.3. The highest BCUT2D eigenvalue weighted by atomic mass is 32.2. The fourth-order valence-corrected chi connectivity index (χ4v) is 4.86. The fraction of sp³-hybridized carbons (Fsp3) is 0.375. The second kappa shape index (κ2) is 16.6. The Morgan fingerprint density at radius 3 is 2.11 bits per heavy atom. The van der Waals surface area contributed by atoms with Crippen LogP contribution in [-0.4, -0.2) is 25.1 Å². The van der Waals surface area contributed by atoms with Gasteiger partial charge in [-0.25, -0.2) is 4.79 Å². The lowest BCUT2D eigenvalue weighted by Crippen LogP contribution is -2.41. The highest BCUT2D eigenvalue weighted by molar-refractivity contribution is 7.99. The van der Waals surface area contributed by atoms with E-state index in [1.54, 1.807) is 11.8 Å². The van der Waals surface area contributed by atoms with E-state index in [4.69, 9.17) is 4.74 Å². The zero-order chi connectivity index (χ0) is 27.0. The van der Waals surface area contributed by atoms with Crippen molar-refractivity contribution in [3.8, 4) is 5.75 Å². The number of esters is 1. The van der Waals surface area contributed by atoms with Crippen LogP contribution in [0.25, 0.3) is 0 Å². The lowest BCUT2D eigenvalue weighted by molar-refractivity contribution is -0.134. The van der Waals surface area contributed by atoms with Crippen LogP contribution in [0.1, 0.15) is 64.4 Å². The molecule has 0 aliphatic carbocycles. The van der Waals surface area contributed by atoms with E-state index in [0.29, 0.717) is 25.3 Å². The third-order valence-corrected chi connectivity index (χ3v) is 7.18. The van der Waals surface area contributed by atoms with Crippen LogP contribution in [0, 0.1) is 0 Å². The number of anilines is 1. The molecule has 202 valence electrons. The number of rotatable bonds is 15. The number of urea groups is 1. The van der Waals surface area contributed by atoms with Crippen molar-refractivity contribution >= 4 is 29.4 Å². The standard InChI is InChI=1S/C32H40N2O3S/c1-3-5-6-7-11-24-33-32(36)34(25-23-26-13-9-8-10-14-26)27-15-19-29(20-16-27)38-30-21-17-28(18-22-30)37-31(35)12-4-2/h8-10,13-22H,3-7,11-12,23-25H2,1-2H3,(H,33,36). The van der Waals surface area contributed by atoms with Gasteiger partial charge in [0.15, 0.2) is 0 Å². The SMILES string of the molecule is CCCCCCCNC(=O)N(CCc1ccccc1)c1ccc(Sc2ccc(OC(=O)CCC)cc2)cc1. The summed E-state index contributed by atoms with van der Waals surface area (Å²) >= 11 is 1.63. The number of nitrogens with one attached hydrogen (secondary N) is 1. The summed E-state index contributed by atoms with van der Waals surface area (Å²) in [5.74, 6) is 0.356. The number of carbonyl (C=O) groups is 2. The second-order valence-electron chi connectivity index (χ2n) is 9.32. The molecule has 3 aromatic rings. The predicted molar refractivity (Wildman–Crippen MR) is 157 cm³/mol. The summed E-state index contributed by atoms with van der Waals surface area (Å²) in [6.07, 6.45) is 7.81. The van der Waals surface area contributed by atoms with Gasteiger partial charge in [-0.15, -0.1) is 0 Å². The van der Waals surface area contributed by atoms with Crippen molar-refractivity contribution in [3.63, 3.8) is 0 Å². The first-order valence-corrected chi connectivity index (χ1v) is 14.6. The lowest BCUT2D eigenvalue weighted by Gasteiger charge is -2.24. The Morgan fingerprint density at radius 2 is 1.45 bits per heavy atom. The summed E-state index contributed by atoms with van der Waals surface area (Å²) in [6, 6.07) is 25.9. The molecular formula is C32H40N2O3S. The first-order valence-electron chi connectivity index (χ1n) is 13.8. The van der Waals surface area contributed by atoms with Gasteiger partial charge in [-0.05, 0) is 73.4 Å². The first-order chi connectivity index (χ1) is 18.6. The van der Waals surface area contributed by atoms with E-state index in [2.05, 4.69) is 24.4 Å². The number of carbonyl (C=O) groups excluding carboxylic acids is 2. The molecule has 5 nitrogen and oxygen atoms in total. The van der Waals surface area contributed by atoms with Gasteiger partial charge in [0.25, 0.3) is 0 Å². The molecule has 0 unspecified atom stereocenters. The van der Waals surface area contributed by atoms with Gasteiger partial charge < -0.3 is 10.1 Å². The molecule has 2 amide bonds. The van der Waals surface area contributed by atoms with Crippen LogP contribution in [0.15, 0.2) is 88.7 Å². The second-order valence-corrected chi connectivity index (χ2v) is 10.5. The predicted octanol–water partition coefficient (Wildman–Crippen LogP) is 8.27. The summed E-state index contributed by atoms with van der Waals surface area (Å²) in [7, 11) is 0. The molecule has 1 N–H and O–H groups in total. The Balaban J connectivity index is 1.61. The minimum absolute atomic E-state index is 0.0509. The van der Waals surface area contributed by atoms with E-state index in [0.717, 1.165) is 41.2 Å². The van der Waals surface area contributed by atoms with E-state index in [-0.39, 0.29) is 12.0 Å². The van der Waals surface area contributed by atoms with E-state index in [9.17, 15) is 9.59 Å². The summed E-state index contributed by atoms with van der Waals surface area (Å²) in [6.45, 7) is 5.47. The summed E-state index contributed by atoms with van der Waals surface area (Å²) in [5.41, 5.74) is 2.09. The normalized spacial score (nSPS) is 10.7. The van der Waals surface area contributed by atoms with Crippen molar-refractivity contribution in [3.05, 3.63) is 84.4 Å². The van der Waals surface area contributed by atoms with Crippen molar-refractivity contribution in [2.45, 2.75) is 75.0 Å². The van der Waals surface area contributed by atoms with Gasteiger partial charge in [0.2, 0.25) is 0 Å². The number of hydrogen-bond donors (Lipinski definition) is 1. The van der Waals surface area contributed by atoms with Crippen molar-refractivity contribution in [2.75, 3.05) is 18.0 Å². The molecule has 0 fully saturated rings. The first kappa shape index (κ1) is 29.3. The molecule has 3 aromatic carbocycles. The van der Waals surface area contributed by atoms with E-state index >= 15 is 0 Å². The molecule has 0 radical (unpaired) electrons. The highest BCUT2D eigenvalue weighted by Gasteiger charge is 2.16. The van der Waals surface area contributed by atoms with Crippen molar-refractivity contribution in [1.29, 1.82) is 0 Å². The van der Waals surface area contributed by atoms with Gasteiger partial charge in [-0.1, -0.05) is 81.6 Å². The fourth-order valence-electron chi connectivity index (χ4n) is 4.05. The van der Waals surface area contributed by atoms with Gasteiger partial charge in [-0.2, -0.15) is 0 Å². The molecule has 6 heteroatoms. The van der Waals surface area contributed by atoms with Crippen LogP contribution in [0.4, 0.5) is 10.5 Å². The molecule has 0 atom stereocenters. The van der Waals surface area contributed by atoms with Crippen LogP contribution in [0.2, 0.25) is 0 Å². The molecule has 3 rings (SSSR count). The van der Waals surface area contributed by atoms with Gasteiger partial charge in [0, 0.05) is 35.0 Å². The Bertz CT molecular complexity index is 1100. The molecule has 0 saturated carbocycles. The lowest BCUT2D eigenvalue weighted by atomic mass is 10.1. The highest BCUT2D eigenvalue weighted by Crippen LogP contribution is 2.30. The Morgan fingerprint density at radius 1 is 0.789 bits per heavy atom. The van der Waals surface area contributed by atoms with Gasteiger partial charge in [0.1, 0.15) is 5.75 Å². The molecule has 0 aliphatic heterocycles. The quantitative estimate of drug-likeness (QED) is 0.122. The zero-order valence-electron chi connectivity index (χ0n) is 22.7. The average Bonchev–Trinajstić information content (AvgIpc) is 2.93. The van der Waals surface area contributed by atoms with Crippen molar-refractivity contribution < 1.29 is 14.3 Å². The summed E-state index contributed by atoms with van der Waals surface area (Å²) in [5, 5.41) is 3.12. The van der Waals surface area contributed by atoms with Crippen LogP contribution >= 0.6 is 11.8 Å². The number of ether oxygens (including phenoxy) is 1. The maximum atomic E-state index is 13.2. The monoisotopic (exact) mass is 532 g/mol. The number of unbranched alkanes of at least 4 members (excludes halogenated alkanes) is 4. The Hall–Kier alpha value is -3.25. The van der Waals surface area contributed by atoms with Gasteiger partial charge in [0.05, 0.1) is 0 Å². The molecule has 0 aromatic heterocycles. The molecule has 0 saturated heterocycles. The minimum atomic E-state index is -0.208. The van der Waals surface area contributed by atoms with Gasteiger partial charge in [-0.3, -0.25) is 9.69 Å². The number of amides is 2. The smallest absolute Gasteiger partial charge is 0.321 e. The number of hydrogen-bond acceptors (Lipinski definition) is 4. The van der Waals surface area contributed by atoms with E-state index in [1.165, 1.54) is 24.8 Å². The van der Waals surface area contributed by atoms with Crippen LogP contribution < -0.4 is 15.0 Å². The van der Waals surface area contributed by atoms with Crippen LogP contribution in [0.3, 0.4) is 0 Å². The molecule has 0 bridgehead atoms. The van der Waals surface area contributed by atoms with Crippen LogP contribution in [-0.2, 0) is 11.2 Å². The van der Waals surface area contributed by atoms with E-state index in [1.807, 2.05) is 78.6 Å². The van der Waals surface area contributed by atoms with E-state index < -0.39 is 0 Å².